The average Bonchev–Trinajstić information content (AvgIpc) is 4.03. The predicted octanol–water partition coefficient (Wildman–Crippen LogP) is 6.80. The smallest absolute Gasteiger partial charge is 0.251 e. The molecule has 17 heteroatoms. The fraction of sp³-hybridized carbons (Fsp3) is 0.327. The Morgan fingerprint density at radius 3 is 2.52 bits per heavy atom. The summed E-state index contributed by atoms with van der Waals surface area (Å²) in [5.74, 6) is 2.07. The number of hydrogen-bond donors (Lipinski definition) is 2. The molecule has 2 aliphatic carbocycles. The quantitative estimate of drug-likeness (QED) is 0.0720. The fourth-order valence-corrected chi connectivity index (χ4v) is 9.53. The monoisotopic (exact) mass is 923 g/mol. The van der Waals surface area contributed by atoms with Gasteiger partial charge in [-0.05, 0) is 60.5 Å². The summed E-state index contributed by atoms with van der Waals surface area (Å²) in [7, 11) is 11.5. The number of nitrogens with one attached hydrogen (secondary N) is 1. The number of aromatic nitrogens is 10. The first-order chi connectivity index (χ1) is 33.6. The van der Waals surface area contributed by atoms with Gasteiger partial charge in [-0.3, -0.25) is 19.0 Å². The van der Waals surface area contributed by atoms with Crippen LogP contribution in [0.4, 0.5) is 17.6 Å². The van der Waals surface area contributed by atoms with Crippen LogP contribution in [0.3, 0.4) is 0 Å². The van der Waals surface area contributed by atoms with Crippen molar-refractivity contribution < 1.29 is 9.47 Å². The molecule has 0 fully saturated rings. The molecule has 10 rings (SSSR count). The summed E-state index contributed by atoms with van der Waals surface area (Å²) in [5.41, 5.74) is 20.7. The fourth-order valence-electron chi connectivity index (χ4n) is 9.53. The maximum Gasteiger partial charge on any atom is 0.251 e. The molecule has 5 aromatic heterocycles. The van der Waals surface area contributed by atoms with Crippen LogP contribution in [0.15, 0.2) is 95.4 Å². The molecule has 5 heterocycles. The molecule has 0 bridgehead atoms. The number of likely N-dealkylation sites (N-methyl/N-ethyl adjacent to an activating group) is 1. The molecule has 0 spiro atoms. The topological polar surface area (TPSA) is 189 Å². The number of rotatable bonds is 17. The zero-order valence-electron chi connectivity index (χ0n) is 40.0. The van der Waals surface area contributed by atoms with Gasteiger partial charge in [-0.2, -0.15) is 20.3 Å². The van der Waals surface area contributed by atoms with Gasteiger partial charge in [-0.15, -0.1) is 0 Å². The van der Waals surface area contributed by atoms with Gasteiger partial charge in [0.05, 0.1) is 72.9 Å². The van der Waals surface area contributed by atoms with E-state index in [1.807, 2.05) is 85.2 Å². The van der Waals surface area contributed by atoms with Crippen molar-refractivity contribution in [2.75, 3.05) is 53.3 Å². The minimum atomic E-state index is -0.0229. The first-order valence-electron chi connectivity index (χ1n) is 23.3. The van der Waals surface area contributed by atoms with Crippen LogP contribution in [0.25, 0.3) is 33.3 Å². The summed E-state index contributed by atoms with van der Waals surface area (Å²) in [6.07, 6.45) is 13.5. The summed E-state index contributed by atoms with van der Waals surface area (Å²) in [6, 6.07) is 21.7. The third-order valence-electron chi connectivity index (χ3n) is 13.0. The number of methoxy groups -OCH3 is 2. The Balaban J connectivity index is 0.939. The number of nitrogens with zero attached hydrogens (tertiary/aromatic N) is 13. The minimum absolute atomic E-state index is 0.0229. The predicted molar refractivity (Wildman–Crippen MR) is 269 cm³/mol. The highest BCUT2D eigenvalue weighted by Gasteiger charge is 2.34. The maximum atomic E-state index is 6.30. The third kappa shape index (κ3) is 9.47. The molecule has 1 atom stereocenters. The van der Waals surface area contributed by atoms with Gasteiger partial charge in [0.1, 0.15) is 11.6 Å². The van der Waals surface area contributed by atoms with E-state index in [-0.39, 0.29) is 5.92 Å². The van der Waals surface area contributed by atoms with E-state index in [9.17, 15) is 0 Å². The molecular formula is C52H57N15O2. The second-order valence-electron chi connectivity index (χ2n) is 18.0. The van der Waals surface area contributed by atoms with Crippen LogP contribution in [0.2, 0.25) is 0 Å². The van der Waals surface area contributed by atoms with E-state index in [0.717, 1.165) is 104 Å². The zero-order chi connectivity index (χ0) is 47.6. The number of benzene rings is 3. The Morgan fingerprint density at radius 1 is 0.884 bits per heavy atom. The highest BCUT2D eigenvalue weighted by atomic mass is 16.5. The van der Waals surface area contributed by atoms with Crippen molar-refractivity contribution in [2.24, 2.45) is 29.8 Å². The lowest BCUT2D eigenvalue weighted by Crippen LogP contribution is -2.16. The molecule has 0 amide bonds. The molecule has 0 saturated carbocycles. The molecule has 8 aromatic rings. The van der Waals surface area contributed by atoms with Crippen LogP contribution in [0, 0.1) is 0 Å². The first-order valence-corrected chi connectivity index (χ1v) is 23.3. The summed E-state index contributed by atoms with van der Waals surface area (Å²) in [5, 5.41) is 20.3. The van der Waals surface area contributed by atoms with E-state index < -0.39 is 0 Å². The third-order valence-corrected chi connectivity index (χ3v) is 13.0. The standard InChI is InChI=1S/C52H57N15O2/c1-64(2)20-19-54-18-17-46(53)59-52-55-28-37-15-16-41-47(49(37)60-52)43(65(3)62-41)24-32-11-12-34-25-35(14-13-33(34)23-32)39-27-42-48(44(66(4)63-42)26-36-9-7-8-10-45(36)69-6)50-40(39)30-56-51(61-50)58-38-29-57-67(31-38)21-22-68-5/h7-14,18,23,25,28-31,39H,15-17,19-22,24,26-27H2,1-6H3,(H,56,58,61)(H2,53,55,59,60). The van der Waals surface area contributed by atoms with Crippen LogP contribution in [0.1, 0.15) is 62.9 Å². The van der Waals surface area contributed by atoms with Gasteiger partial charge in [0, 0.05) is 106 Å². The van der Waals surface area contributed by atoms with E-state index in [0.29, 0.717) is 63.1 Å². The Labute approximate surface area is 401 Å². The number of aliphatic imine (C=N–C) groups is 2. The van der Waals surface area contributed by atoms with Crippen molar-refractivity contribution in [1.29, 1.82) is 0 Å². The molecule has 0 aliphatic heterocycles. The molecular weight excluding hydrogens is 867 g/mol. The summed E-state index contributed by atoms with van der Waals surface area (Å²) in [4.78, 5) is 30.8. The zero-order valence-corrected chi connectivity index (χ0v) is 40.0. The van der Waals surface area contributed by atoms with Gasteiger partial charge in [-0.1, -0.05) is 54.6 Å². The highest BCUT2D eigenvalue weighted by Crippen LogP contribution is 2.45. The lowest BCUT2D eigenvalue weighted by Gasteiger charge is -2.26. The van der Waals surface area contributed by atoms with E-state index in [4.69, 9.17) is 40.4 Å². The molecule has 3 N–H and O–H groups in total. The molecule has 0 saturated heterocycles. The van der Waals surface area contributed by atoms with Crippen molar-refractivity contribution in [3.05, 3.63) is 136 Å². The lowest BCUT2D eigenvalue weighted by atomic mass is 9.79. The molecule has 17 nitrogen and oxygen atoms in total. The highest BCUT2D eigenvalue weighted by molar-refractivity contribution is 5.94. The van der Waals surface area contributed by atoms with Crippen LogP contribution >= 0.6 is 0 Å². The van der Waals surface area contributed by atoms with Gasteiger partial charge >= 0.3 is 0 Å². The average molecular weight is 924 g/mol. The number of fused-ring (bicyclic) bond motifs is 7. The van der Waals surface area contributed by atoms with Gasteiger partial charge in [0.15, 0.2) is 0 Å². The number of anilines is 2. The van der Waals surface area contributed by atoms with Gasteiger partial charge in [0.25, 0.3) is 5.95 Å². The van der Waals surface area contributed by atoms with E-state index in [1.54, 1.807) is 20.4 Å². The van der Waals surface area contributed by atoms with Gasteiger partial charge < -0.3 is 25.4 Å². The van der Waals surface area contributed by atoms with Crippen LogP contribution in [-0.4, -0.2) is 114 Å². The Bertz CT molecular complexity index is 3230. The summed E-state index contributed by atoms with van der Waals surface area (Å²) in [6.45, 7) is 2.79. The van der Waals surface area contributed by atoms with Crippen LogP contribution in [-0.2, 0) is 57.5 Å². The number of para-hydroxylation sites is 1. The normalized spacial score (nSPS) is 14.3. The van der Waals surface area contributed by atoms with Crippen molar-refractivity contribution in [2.45, 2.75) is 51.0 Å². The molecule has 69 heavy (non-hydrogen) atoms. The van der Waals surface area contributed by atoms with E-state index in [1.165, 1.54) is 11.1 Å². The molecule has 3 aromatic carbocycles. The number of aryl methyl sites for hydroxylation is 4. The minimum Gasteiger partial charge on any atom is -0.496 e. The van der Waals surface area contributed by atoms with E-state index >= 15 is 0 Å². The largest absolute Gasteiger partial charge is 0.496 e. The van der Waals surface area contributed by atoms with Crippen molar-refractivity contribution in [3.63, 3.8) is 0 Å². The van der Waals surface area contributed by atoms with Gasteiger partial charge in [-0.25, -0.2) is 19.9 Å². The molecule has 352 valence electrons. The number of nitrogens with two attached hydrogens (primary N) is 1. The molecule has 1 unspecified atom stereocenters. The van der Waals surface area contributed by atoms with Crippen molar-refractivity contribution in [3.8, 4) is 28.3 Å². The van der Waals surface area contributed by atoms with Crippen molar-refractivity contribution >= 4 is 40.4 Å². The molecule has 2 aliphatic rings. The maximum absolute atomic E-state index is 6.30. The van der Waals surface area contributed by atoms with Crippen LogP contribution < -0.4 is 15.8 Å². The Kier molecular flexibility index (Phi) is 12.8. The number of amidine groups is 1. The summed E-state index contributed by atoms with van der Waals surface area (Å²) >= 11 is 0. The molecule has 0 radical (unpaired) electrons. The lowest BCUT2D eigenvalue weighted by molar-refractivity contribution is 0.183. The number of hydrogen-bond acceptors (Lipinski definition) is 13. The second-order valence-corrected chi connectivity index (χ2v) is 18.0. The Morgan fingerprint density at radius 2 is 1.68 bits per heavy atom. The first kappa shape index (κ1) is 45.2. The Hall–Kier alpha value is -7.63. The number of ether oxygens (including phenoxy) is 2. The van der Waals surface area contributed by atoms with Gasteiger partial charge in [0.2, 0.25) is 5.95 Å². The second kappa shape index (κ2) is 19.5. The van der Waals surface area contributed by atoms with E-state index in [2.05, 4.69) is 72.7 Å². The summed E-state index contributed by atoms with van der Waals surface area (Å²) < 4.78 is 16.9. The van der Waals surface area contributed by atoms with Crippen molar-refractivity contribution in [1.82, 2.24) is 54.2 Å². The van der Waals surface area contributed by atoms with Crippen LogP contribution in [0.5, 0.6) is 5.75 Å². The SMILES string of the molecule is COCCn1cc(Nc2ncc3c(n2)-c2c(nn(C)c2Cc2ccccc2OC)CC3c2ccc3cc(Cc4c5c(nn4C)CCc4cnc(N=C(N)CC=NCCN(C)C)nc4-5)ccc3c2)cn1.